The summed E-state index contributed by atoms with van der Waals surface area (Å²) in [6.07, 6.45) is 24.8. The molecule has 0 aliphatic heterocycles. The molecule has 0 heterocycles. The summed E-state index contributed by atoms with van der Waals surface area (Å²) in [6.45, 7) is 47.2. The van der Waals surface area contributed by atoms with E-state index in [1.165, 1.54) is 77.0 Å². The predicted molar refractivity (Wildman–Crippen MR) is 272 cm³/mol. The third kappa shape index (κ3) is 53.2. The molecule has 4 N–H and O–H groups in total. The lowest BCUT2D eigenvalue weighted by atomic mass is 9.78. The number of nitrogens with two attached hydrogens (primary N) is 1. The van der Waals surface area contributed by atoms with Crippen molar-refractivity contribution in [1.82, 2.24) is 5.32 Å². The lowest BCUT2D eigenvalue weighted by Crippen LogP contribution is -2.21. The quantitative estimate of drug-likeness (QED) is 0.162. The van der Waals surface area contributed by atoms with Crippen LogP contribution in [0.25, 0.3) is 0 Å². The van der Waals surface area contributed by atoms with Gasteiger partial charge in [0.05, 0.1) is 6.10 Å². The van der Waals surface area contributed by atoms with E-state index in [9.17, 15) is 9.90 Å². The molecule has 0 atom stereocenters. The predicted octanol–water partition coefficient (Wildman–Crippen LogP) is 16.8. The Morgan fingerprint density at radius 3 is 1.15 bits per heavy atom. The molecule has 360 valence electrons. The van der Waals surface area contributed by atoms with E-state index in [1.54, 1.807) is 6.92 Å². The average Bonchev–Trinajstić information content (AvgIpc) is 3.70. The van der Waals surface area contributed by atoms with Crippen LogP contribution in [0.1, 0.15) is 242 Å². The number of nitrogens with one attached hydrogen (secondary N) is 1. The number of carbonyl (C=O) groups is 1. The maximum Gasteiger partial charge on any atom is 0.216 e. The molecular formula is C55H118N2O2. The molecule has 0 unspecified atom stereocenters. The molecule has 1 amide bonds. The third-order valence-electron chi connectivity index (χ3n) is 12.4. The Balaban J connectivity index is -0.000000193. The fourth-order valence-corrected chi connectivity index (χ4v) is 6.72. The molecule has 0 aromatic carbocycles. The SMILES string of the molecule is C=CCC(C)C.CC(=O)NCCC(C)C.CC(C)C(C)C.CC(C)C1CCC(O)CC1.CC(C)C1CCC1.CC(C)C1CCCC1.CC(C)CC1CC1.CC(C)CCN.[HH]. The monoisotopic (exact) mass is 839 g/mol. The highest BCUT2D eigenvalue weighted by Gasteiger charge is 2.22. The summed E-state index contributed by atoms with van der Waals surface area (Å²) in [5, 5.41) is 11.9. The summed E-state index contributed by atoms with van der Waals surface area (Å²) in [6, 6.07) is 0. The van der Waals surface area contributed by atoms with Gasteiger partial charge in [-0.3, -0.25) is 4.79 Å². The van der Waals surface area contributed by atoms with E-state index < -0.39 is 0 Å². The Labute approximate surface area is 376 Å². The second kappa shape index (κ2) is 42.4. The maximum absolute atomic E-state index is 10.3. The number of aliphatic hydroxyl groups excluding tert-OH is 1. The fourth-order valence-electron chi connectivity index (χ4n) is 6.72. The second-order valence-corrected chi connectivity index (χ2v) is 22.2. The van der Waals surface area contributed by atoms with Crippen LogP contribution >= 0.6 is 0 Å². The number of carbonyl (C=O) groups excluding carboxylic acids is 1. The van der Waals surface area contributed by atoms with Crippen LogP contribution in [0.15, 0.2) is 12.7 Å². The van der Waals surface area contributed by atoms with Crippen LogP contribution in [0.2, 0.25) is 0 Å². The van der Waals surface area contributed by atoms with Crippen LogP contribution in [0.3, 0.4) is 0 Å². The number of hydrogen-bond acceptors (Lipinski definition) is 3. The molecule has 4 saturated carbocycles. The average molecular weight is 840 g/mol. The molecule has 59 heavy (non-hydrogen) atoms. The lowest BCUT2D eigenvalue weighted by molar-refractivity contribution is -0.118. The Morgan fingerprint density at radius 2 is 0.983 bits per heavy atom. The summed E-state index contributed by atoms with van der Waals surface area (Å²) in [7, 11) is 0. The number of amides is 1. The van der Waals surface area contributed by atoms with E-state index in [0.29, 0.717) is 5.92 Å². The first kappa shape index (κ1) is 64.8. The Morgan fingerprint density at radius 1 is 0.593 bits per heavy atom. The first-order valence-electron chi connectivity index (χ1n) is 25.6. The number of aliphatic hydroxyl groups is 1. The summed E-state index contributed by atoms with van der Waals surface area (Å²) in [5.74, 6) is 11.8. The van der Waals surface area contributed by atoms with Crippen molar-refractivity contribution in [2.45, 2.75) is 247 Å². The van der Waals surface area contributed by atoms with Crippen LogP contribution in [0, 0.1) is 76.9 Å². The number of allylic oxidation sites excluding steroid dienone is 1. The molecule has 4 rings (SSSR count). The van der Waals surface area contributed by atoms with Crippen molar-refractivity contribution in [3.63, 3.8) is 0 Å². The molecule has 0 radical (unpaired) electrons. The third-order valence-corrected chi connectivity index (χ3v) is 12.4. The van der Waals surface area contributed by atoms with Gasteiger partial charge in [0.1, 0.15) is 0 Å². The van der Waals surface area contributed by atoms with Crippen molar-refractivity contribution < 1.29 is 11.3 Å². The lowest BCUT2D eigenvalue weighted by Gasteiger charge is -2.28. The van der Waals surface area contributed by atoms with Gasteiger partial charge in [-0.2, -0.15) is 0 Å². The van der Waals surface area contributed by atoms with Crippen LogP contribution < -0.4 is 11.1 Å². The zero-order valence-corrected chi connectivity index (χ0v) is 44.2. The molecular weight excluding hydrogens is 721 g/mol. The Kier molecular flexibility index (Phi) is 46.6. The van der Waals surface area contributed by atoms with Crippen molar-refractivity contribution in [2.75, 3.05) is 13.1 Å². The molecule has 0 bridgehead atoms. The van der Waals surface area contributed by atoms with Gasteiger partial charge in [-0.05, 0) is 135 Å². The van der Waals surface area contributed by atoms with Crippen LogP contribution in [-0.4, -0.2) is 30.2 Å². The Hall–Kier alpha value is -0.870. The highest BCUT2D eigenvalue weighted by molar-refractivity contribution is 5.72. The molecule has 0 aromatic rings. The first-order valence-corrected chi connectivity index (χ1v) is 25.6. The molecule has 4 nitrogen and oxygen atoms in total. The van der Waals surface area contributed by atoms with E-state index in [-0.39, 0.29) is 13.4 Å². The fraction of sp³-hybridized carbons (Fsp3) is 0.945. The molecule has 0 saturated heterocycles. The van der Waals surface area contributed by atoms with Gasteiger partial charge in [-0.15, -0.1) is 6.58 Å². The maximum atomic E-state index is 10.3. The van der Waals surface area contributed by atoms with Crippen molar-refractivity contribution in [1.29, 1.82) is 0 Å². The van der Waals surface area contributed by atoms with Crippen LogP contribution in [0.5, 0.6) is 0 Å². The largest absolute Gasteiger partial charge is 0.393 e. The minimum atomic E-state index is 0. The van der Waals surface area contributed by atoms with Gasteiger partial charge in [0.2, 0.25) is 5.91 Å². The summed E-state index contributed by atoms with van der Waals surface area (Å²) in [5.41, 5.74) is 5.23. The molecule has 0 spiro atoms. The van der Waals surface area contributed by atoms with Gasteiger partial charge in [0, 0.05) is 14.9 Å². The van der Waals surface area contributed by atoms with Crippen LogP contribution in [0.4, 0.5) is 0 Å². The summed E-state index contributed by atoms with van der Waals surface area (Å²) < 4.78 is 0. The van der Waals surface area contributed by atoms with Crippen molar-refractivity contribution in [3.8, 4) is 0 Å². The van der Waals surface area contributed by atoms with E-state index >= 15 is 0 Å². The zero-order chi connectivity index (χ0) is 46.5. The first-order chi connectivity index (χ1) is 27.4. The number of rotatable bonds is 13. The summed E-state index contributed by atoms with van der Waals surface area (Å²) >= 11 is 0. The van der Waals surface area contributed by atoms with Gasteiger partial charge in [0.25, 0.3) is 0 Å². The van der Waals surface area contributed by atoms with E-state index in [2.05, 4.69) is 137 Å². The number of hydrogen-bond donors (Lipinski definition) is 3. The standard InChI is InChI=1S/C9H18O.C8H16.C7H15NO.2C7H14.C6H14.C6H12.C5H13N.H2/c1-7(2)8-3-5-9(10)6-4-8;1-7(2)8-5-3-4-6-8;1-6(2)4-5-8-7(3)9;1-6(2)5-7-3-4-7;1-6(2)7-4-3-5-7;1-5(2)6(3)4;1-4-5-6(2)3;1-5(2)3-4-6;/h7-10H,3-6H2,1-2H3;7-8H,3-6H2,1-2H3;6H,4-5H2,1-3H3,(H,8,9);2*6-7H,3-5H2,1-2H3;5-6H,1-4H3;4,6H,1,5H2,2-3H3;5H,3-4,6H2,1-2H3;1H. The molecule has 4 fully saturated rings. The van der Waals surface area contributed by atoms with E-state index in [0.717, 1.165) is 116 Å². The minimum Gasteiger partial charge on any atom is -0.393 e. The van der Waals surface area contributed by atoms with Gasteiger partial charge in [-0.25, -0.2) is 0 Å². The van der Waals surface area contributed by atoms with Gasteiger partial charge in [0.15, 0.2) is 0 Å². The zero-order valence-electron chi connectivity index (χ0n) is 44.2. The van der Waals surface area contributed by atoms with Gasteiger partial charge >= 0.3 is 0 Å². The highest BCUT2D eigenvalue weighted by atomic mass is 16.3. The minimum absolute atomic E-state index is 0. The van der Waals surface area contributed by atoms with Gasteiger partial charge in [-0.1, -0.05) is 188 Å². The van der Waals surface area contributed by atoms with Gasteiger partial charge < -0.3 is 16.2 Å². The highest BCUT2D eigenvalue weighted by Crippen LogP contribution is 2.35. The second-order valence-electron chi connectivity index (χ2n) is 22.2. The topological polar surface area (TPSA) is 75.3 Å². The molecule has 4 aliphatic carbocycles. The van der Waals surface area contributed by atoms with Crippen molar-refractivity contribution in [3.05, 3.63) is 12.7 Å². The van der Waals surface area contributed by atoms with Crippen molar-refractivity contribution >= 4 is 5.91 Å². The Bertz CT molecular complexity index is 854. The normalized spacial score (nSPS) is 18.7. The van der Waals surface area contributed by atoms with E-state index in [4.69, 9.17) is 5.73 Å². The molecule has 0 aromatic heterocycles. The van der Waals surface area contributed by atoms with E-state index in [1.807, 2.05) is 6.08 Å². The van der Waals surface area contributed by atoms with Crippen LogP contribution in [-0.2, 0) is 4.79 Å². The molecule has 4 aliphatic rings. The smallest absolute Gasteiger partial charge is 0.216 e. The molecule has 4 heteroatoms. The summed E-state index contributed by atoms with van der Waals surface area (Å²) in [4.78, 5) is 10.3. The van der Waals surface area contributed by atoms with Crippen molar-refractivity contribution in [2.24, 2.45) is 82.7 Å².